The number of ether oxygens (including phenoxy) is 1. The minimum Gasteiger partial charge on any atom is -0.491 e. The zero-order valence-electron chi connectivity index (χ0n) is 12.8. The molecule has 114 valence electrons. The zero-order chi connectivity index (χ0) is 14.8. The summed E-state index contributed by atoms with van der Waals surface area (Å²) >= 11 is 6.15. The molecule has 1 heterocycles. The molecule has 4 heteroatoms. The smallest absolute Gasteiger partial charge is 0.147 e. The van der Waals surface area contributed by atoms with Crippen molar-refractivity contribution in [2.45, 2.75) is 51.5 Å². The fourth-order valence-electron chi connectivity index (χ4n) is 3.15. The van der Waals surface area contributed by atoms with E-state index in [1.165, 1.54) is 19.3 Å². The minimum absolute atomic E-state index is 0.443. The molecular formula is C17H23ClN2O. The second kappa shape index (κ2) is 6.27. The maximum atomic E-state index is 6.15. The van der Waals surface area contributed by atoms with Crippen LogP contribution in [-0.4, -0.2) is 16.2 Å². The number of imidazole rings is 1. The first-order chi connectivity index (χ1) is 10.3. The molecule has 1 aliphatic rings. The summed E-state index contributed by atoms with van der Waals surface area (Å²) in [5, 5.41) is 0. The van der Waals surface area contributed by atoms with E-state index in [-0.39, 0.29) is 0 Å². The van der Waals surface area contributed by atoms with Crippen molar-refractivity contribution in [3.63, 3.8) is 0 Å². The summed E-state index contributed by atoms with van der Waals surface area (Å²) < 4.78 is 8.17. The van der Waals surface area contributed by atoms with Crippen molar-refractivity contribution in [3.8, 4) is 5.75 Å². The average Bonchev–Trinajstić information content (AvgIpc) is 2.82. The largest absolute Gasteiger partial charge is 0.491 e. The first-order valence-corrected chi connectivity index (χ1v) is 8.48. The van der Waals surface area contributed by atoms with Crippen LogP contribution in [-0.2, 0) is 5.88 Å². The van der Waals surface area contributed by atoms with Crippen LogP contribution in [0.1, 0.15) is 51.4 Å². The maximum absolute atomic E-state index is 6.15. The first kappa shape index (κ1) is 14.7. The number of para-hydroxylation sites is 1. The number of benzene rings is 1. The fraction of sp³-hybridized carbons (Fsp3) is 0.588. The molecule has 1 fully saturated rings. The van der Waals surface area contributed by atoms with Crippen molar-refractivity contribution in [3.05, 3.63) is 24.0 Å². The standard InChI is InChI=1S/C17H23ClN2O/c1-3-10-21-15-9-5-8-14-17(15)19-16(11-18)20(14)12(2)13-6-4-7-13/h5,8-9,12-13H,3-4,6-7,10-11H2,1-2H3. The van der Waals surface area contributed by atoms with Gasteiger partial charge in [0.05, 0.1) is 18.0 Å². The Hall–Kier alpha value is -1.22. The van der Waals surface area contributed by atoms with Gasteiger partial charge in [0.1, 0.15) is 17.1 Å². The molecule has 0 aliphatic heterocycles. The highest BCUT2D eigenvalue weighted by Crippen LogP contribution is 2.39. The second-order valence-corrected chi connectivity index (χ2v) is 6.20. The number of nitrogens with zero attached hydrogens (tertiary/aromatic N) is 2. The normalized spacial score (nSPS) is 16.9. The number of fused-ring (bicyclic) bond motifs is 1. The van der Waals surface area contributed by atoms with Crippen molar-refractivity contribution >= 4 is 22.6 Å². The molecule has 1 unspecified atom stereocenters. The molecular weight excluding hydrogens is 284 g/mol. The van der Waals surface area contributed by atoms with Gasteiger partial charge in [-0.2, -0.15) is 0 Å². The van der Waals surface area contributed by atoms with Gasteiger partial charge in [-0.1, -0.05) is 19.4 Å². The Morgan fingerprint density at radius 2 is 2.24 bits per heavy atom. The predicted molar refractivity (Wildman–Crippen MR) is 87.1 cm³/mol. The van der Waals surface area contributed by atoms with E-state index in [0.29, 0.717) is 11.9 Å². The van der Waals surface area contributed by atoms with Gasteiger partial charge in [0.25, 0.3) is 0 Å². The van der Waals surface area contributed by atoms with E-state index in [1.807, 2.05) is 6.07 Å². The monoisotopic (exact) mass is 306 g/mol. The molecule has 21 heavy (non-hydrogen) atoms. The van der Waals surface area contributed by atoms with Crippen molar-refractivity contribution in [1.29, 1.82) is 0 Å². The van der Waals surface area contributed by atoms with Gasteiger partial charge in [0.15, 0.2) is 0 Å². The minimum atomic E-state index is 0.443. The lowest BCUT2D eigenvalue weighted by Gasteiger charge is -2.33. The molecule has 0 bridgehead atoms. The Kier molecular flexibility index (Phi) is 4.39. The van der Waals surface area contributed by atoms with Gasteiger partial charge in [0, 0.05) is 6.04 Å². The van der Waals surface area contributed by atoms with Crippen LogP contribution in [0.2, 0.25) is 0 Å². The lowest BCUT2D eigenvalue weighted by Crippen LogP contribution is -2.23. The average molecular weight is 307 g/mol. The van der Waals surface area contributed by atoms with Gasteiger partial charge in [-0.3, -0.25) is 0 Å². The zero-order valence-corrected chi connectivity index (χ0v) is 13.6. The number of aromatic nitrogens is 2. The molecule has 2 aromatic rings. The third kappa shape index (κ3) is 2.64. The van der Waals surface area contributed by atoms with Crippen LogP contribution < -0.4 is 4.74 Å². The van der Waals surface area contributed by atoms with E-state index in [2.05, 4.69) is 30.5 Å². The van der Waals surface area contributed by atoms with Crippen LogP contribution >= 0.6 is 11.6 Å². The van der Waals surface area contributed by atoms with Crippen molar-refractivity contribution < 1.29 is 4.74 Å². The highest BCUT2D eigenvalue weighted by Gasteiger charge is 2.28. The molecule has 1 aromatic carbocycles. The van der Waals surface area contributed by atoms with Gasteiger partial charge >= 0.3 is 0 Å². The van der Waals surface area contributed by atoms with Gasteiger partial charge in [-0.25, -0.2) is 4.98 Å². The number of halogens is 1. The van der Waals surface area contributed by atoms with Gasteiger partial charge in [-0.05, 0) is 44.2 Å². The lowest BCUT2D eigenvalue weighted by atomic mass is 9.80. The fourth-order valence-corrected chi connectivity index (χ4v) is 3.34. The van der Waals surface area contributed by atoms with E-state index < -0.39 is 0 Å². The summed E-state index contributed by atoms with van der Waals surface area (Å²) in [5.41, 5.74) is 2.10. The van der Waals surface area contributed by atoms with E-state index in [9.17, 15) is 0 Å². The van der Waals surface area contributed by atoms with E-state index in [4.69, 9.17) is 21.3 Å². The summed E-state index contributed by atoms with van der Waals surface area (Å²) in [6, 6.07) is 6.64. The molecule has 0 saturated heterocycles. The topological polar surface area (TPSA) is 27.1 Å². The third-order valence-electron chi connectivity index (χ3n) is 4.58. The van der Waals surface area contributed by atoms with Crippen LogP contribution in [0.15, 0.2) is 18.2 Å². The van der Waals surface area contributed by atoms with Crippen LogP contribution in [0.4, 0.5) is 0 Å². The van der Waals surface area contributed by atoms with Crippen molar-refractivity contribution in [2.24, 2.45) is 5.92 Å². The van der Waals surface area contributed by atoms with Crippen LogP contribution in [0.25, 0.3) is 11.0 Å². The van der Waals surface area contributed by atoms with Crippen molar-refractivity contribution in [2.75, 3.05) is 6.61 Å². The van der Waals surface area contributed by atoms with E-state index >= 15 is 0 Å². The summed E-state index contributed by atoms with van der Waals surface area (Å²) in [6.45, 7) is 5.13. The SMILES string of the molecule is CCCOc1cccc2c1nc(CCl)n2C(C)C1CCC1. The van der Waals surface area contributed by atoms with Gasteiger partial charge in [-0.15, -0.1) is 11.6 Å². The Balaban J connectivity index is 2.05. The first-order valence-electron chi connectivity index (χ1n) is 7.94. The molecule has 1 aliphatic carbocycles. The van der Waals surface area contributed by atoms with E-state index in [1.54, 1.807) is 0 Å². The molecule has 0 spiro atoms. The summed E-state index contributed by atoms with van der Waals surface area (Å²) in [5.74, 6) is 3.03. The molecule has 1 saturated carbocycles. The molecule has 0 radical (unpaired) electrons. The Morgan fingerprint density at radius 3 is 2.86 bits per heavy atom. The highest BCUT2D eigenvalue weighted by molar-refractivity contribution is 6.16. The van der Waals surface area contributed by atoms with Crippen LogP contribution in [0.5, 0.6) is 5.75 Å². The molecule has 3 nitrogen and oxygen atoms in total. The Morgan fingerprint density at radius 1 is 1.43 bits per heavy atom. The lowest BCUT2D eigenvalue weighted by molar-refractivity contribution is 0.223. The van der Waals surface area contributed by atoms with Gasteiger partial charge < -0.3 is 9.30 Å². The van der Waals surface area contributed by atoms with Crippen LogP contribution in [0, 0.1) is 5.92 Å². The molecule has 0 N–H and O–H groups in total. The second-order valence-electron chi connectivity index (χ2n) is 5.94. The number of rotatable bonds is 6. The number of hydrogen-bond acceptors (Lipinski definition) is 2. The molecule has 0 amide bonds. The summed E-state index contributed by atoms with van der Waals surface area (Å²) in [7, 11) is 0. The Labute approximate surface area is 131 Å². The molecule has 1 aromatic heterocycles. The maximum Gasteiger partial charge on any atom is 0.147 e. The molecule has 1 atom stereocenters. The molecule has 3 rings (SSSR count). The summed E-state index contributed by atoms with van der Waals surface area (Å²) in [6.07, 6.45) is 4.98. The number of alkyl halides is 1. The van der Waals surface area contributed by atoms with E-state index in [0.717, 1.165) is 41.6 Å². The van der Waals surface area contributed by atoms with Crippen LogP contribution in [0.3, 0.4) is 0 Å². The quantitative estimate of drug-likeness (QED) is 0.708. The number of hydrogen-bond donors (Lipinski definition) is 0. The highest BCUT2D eigenvalue weighted by atomic mass is 35.5. The Bertz CT molecular complexity index is 619. The van der Waals surface area contributed by atoms with Crippen molar-refractivity contribution in [1.82, 2.24) is 9.55 Å². The predicted octanol–water partition coefficient (Wildman–Crippen LogP) is 4.93. The van der Waals surface area contributed by atoms with Gasteiger partial charge in [0.2, 0.25) is 0 Å². The third-order valence-corrected chi connectivity index (χ3v) is 4.82. The summed E-state index contributed by atoms with van der Waals surface area (Å²) in [4.78, 5) is 4.75.